The Labute approximate surface area is 186 Å². The van der Waals surface area contributed by atoms with Crippen LogP contribution in [0.2, 0.25) is 0 Å². The van der Waals surface area contributed by atoms with Gasteiger partial charge in [-0.05, 0) is 48.6 Å². The molecule has 0 atom stereocenters. The normalized spacial score (nSPS) is 11.2. The number of hydrogen-bond donors (Lipinski definition) is 0. The molecule has 2 aromatic carbocycles. The van der Waals surface area contributed by atoms with Crippen LogP contribution in [0.4, 0.5) is 0 Å². The molecule has 0 aliphatic heterocycles. The molecule has 0 spiro atoms. The smallest absolute Gasteiger partial charge is 0.263 e. The molecule has 0 amide bonds. The molecule has 0 aliphatic carbocycles. The summed E-state index contributed by atoms with van der Waals surface area (Å²) in [5.41, 5.74) is 5.83. The van der Waals surface area contributed by atoms with Crippen molar-refractivity contribution in [1.82, 2.24) is 9.55 Å². The van der Waals surface area contributed by atoms with Gasteiger partial charge in [-0.2, -0.15) is 0 Å². The molecule has 158 valence electrons. The van der Waals surface area contributed by atoms with Crippen LogP contribution in [0.15, 0.2) is 52.6 Å². The number of thiophene rings is 1. The Morgan fingerprint density at radius 1 is 1.00 bits per heavy atom. The number of carbonyl (C=O) groups is 1. The van der Waals surface area contributed by atoms with Crippen LogP contribution in [-0.4, -0.2) is 15.3 Å². The summed E-state index contributed by atoms with van der Waals surface area (Å²) >= 11 is 1.48. The maximum atomic E-state index is 13.6. The zero-order valence-electron chi connectivity index (χ0n) is 18.4. The Morgan fingerprint density at radius 3 is 2.39 bits per heavy atom. The topological polar surface area (TPSA) is 52.0 Å². The van der Waals surface area contributed by atoms with Crippen LogP contribution in [0.1, 0.15) is 46.7 Å². The van der Waals surface area contributed by atoms with Gasteiger partial charge in [-0.25, -0.2) is 4.98 Å². The third-order valence-electron chi connectivity index (χ3n) is 5.89. The van der Waals surface area contributed by atoms with Crippen molar-refractivity contribution in [3.8, 4) is 11.1 Å². The summed E-state index contributed by atoms with van der Waals surface area (Å²) in [6.07, 6.45) is 1.56. The monoisotopic (exact) mass is 430 g/mol. The van der Waals surface area contributed by atoms with Gasteiger partial charge in [0.05, 0.1) is 11.9 Å². The Morgan fingerprint density at radius 2 is 1.74 bits per heavy atom. The van der Waals surface area contributed by atoms with Crippen LogP contribution in [-0.2, 0) is 19.4 Å². The van der Waals surface area contributed by atoms with Crippen LogP contribution in [0.5, 0.6) is 0 Å². The molecule has 0 unspecified atom stereocenters. The van der Waals surface area contributed by atoms with Crippen molar-refractivity contribution >= 4 is 27.3 Å². The van der Waals surface area contributed by atoms with Gasteiger partial charge in [0, 0.05) is 22.9 Å². The summed E-state index contributed by atoms with van der Waals surface area (Å²) in [6, 6.07) is 14.0. The summed E-state index contributed by atoms with van der Waals surface area (Å²) in [5, 5.41) is 2.59. The second-order valence-corrected chi connectivity index (χ2v) is 8.73. The van der Waals surface area contributed by atoms with Crippen LogP contribution < -0.4 is 5.56 Å². The number of Topliss-reactive ketones (excluding diaryl/α,β-unsaturated/α-hetero) is 1. The van der Waals surface area contributed by atoms with E-state index in [-0.39, 0.29) is 17.9 Å². The number of nitrogens with zero attached hydrogens (tertiary/aromatic N) is 2. The van der Waals surface area contributed by atoms with Crippen molar-refractivity contribution in [3.05, 3.63) is 86.3 Å². The van der Waals surface area contributed by atoms with Crippen molar-refractivity contribution in [2.45, 2.75) is 47.1 Å². The molecule has 0 radical (unpaired) electrons. The molecule has 0 fully saturated rings. The Balaban J connectivity index is 1.80. The molecule has 0 saturated carbocycles. The largest absolute Gasteiger partial charge is 0.292 e. The van der Waals surface area contributed by atoms with Crippen molar-refractivity contribution in [3.63, 3.8) is 0 Å². The highest BCUT2D eigenvalue weighted by atomic mass is 32.1. The predicted molar refractivity (Wildman–Crippen MR) is 128 cm³/mol. The average molecular weight is 431 g/mol. The third kappa shape index (κ3) is 3.98. The van der Waals surface area contributed by atoms with Crippen LogP contribution in [0.25, 0.3) is 21.3 Å². The number of carbonyl (C=O) groups excluding carboxylic acids is 1. The maximum absolute atomic E-state index is 13.6. The lowest BCUT2D eigenvalue weighted by atomic mass is 10.0. The first kappa shape index (κ1) is 21.2. The van der Waals surface area contributed by atoms with Gasteiger partial charge in [0.1, 0.15) is 10.7 Å². The molecule has 31 heavy (non-hydrogen) atoms. The maximum Gasteiger partial charge on any atom is 0.263 e. The summed E-state index contributed by atoms with van der Waals surface area (Å²) in [7, 11) is 0. The molecular weight excluding hydrogens is 404 g/mol. The van der Waals surface area contributed by atoms with E-state index in [9.17, 15) is 9.59 Å². The Kier molecular flexibility index (Phi) is 5.88. The van der Waals surface area contributed by atoms with Gasteiger partial charge in [-0.1, -0.05) is 50.2 Å². The van der Waals surface area contributed by atoms with E-state index in [4.69, 9.17) is 4.98 Å². The van der Waals surface area contributed by atoms with Crippen LogP contribution >= 0.6 is 11.3 Å². The van der Waals surface area contributed by atoms with Crippen molar-refractivity contribution in [2.75, 3.05) is 0 Å². The van der Waals surface area contributed by atoms with Gasteiger partial charge in [0.2, 0.25) is 0 Å². The fourth-order valence-electron chi connectivity index (χ4n) is 3.78. The number of hydrogen-bond acceptors (Lipinski definition) is 4. The lowest BCUT2D eigenvalue weighted by Gasteiger charge is -2.12. The predicted octanol–water partition coefficient (Wildman–Crippen LogP) is 5.75. The number of aryl methyl sites for hydroxylation is 4. The first-order valence-corrected chi connectivity index (χ1v) is 11.5. The minimum absolute atomic E-state index is 0.00247. The first-order chi connectivity index (χ1) is 14.9. The standard InChI is InChI=1S/C26H26N2O2S/c1-5-18-8-11-19(12-9-18)21-15-31-25-24(21)26(30)28(23(6-2)27-25)14-22(29)20-10-7-16(3)17(4)13-20/h7-13,15H,5-6,14H2,1-4H3. The number of fused-ring (bicyclic) bond motifs is 1. The zero-order valence-corrected chi connectivity index (χ0v) is 19.2. The molecule has 2 heterocycles. The van der Waals surface area contributed by atoms with E-state index in [0.29, 0.717) is 23.2 Å². The third-order valence-corrected chi connectivity index (χ3v) is 6.77. The van der Waals surface area contributed by atoms with E-state index >= 15 is 0 Å². The van der Waals surface area contributed by atoms with Crippen molar-refractivity contribution in [1.29, 1.82) is 0 Å². The fourth-order valence-corrected chi connectivity index (χ4v) is 4.74. The van der Waals surface area contributed by atoms with E-state index in [1.807, 2.05) is 44.4 Å². The summed E-state index contributed by atoms with van der Waals surface area (Å²) in [6.45, 7) is 8.09. The quantitative estimate of drug-likeness (QED) is 0.366. The Hall–Kier alpha value is -3.05. The minimum Gasteiger partial charge on any atom is -0.292 e. The van der Waals surface area contributed by atoms with Gasteiger partial charge in [-0.15, -0.1) is 11.3 Å². The highest BCUT2D eigenvalue weighted by molar-refractivity contribution is 7.17. The SMILES string of the molecule is CCc1ccc(-c2csc3nc(CC)n(CC(=O)c4ccc(C)c(C)c4)c(=O)c23)cc1. The fraction of sp³-hybridized carbons (Fsp3) is 0.269. The molecule has 2 aromatic heterocycles. The van der Waals surface area contributed by atoms with Crippen LogP contribution in [0.3, 0.4) is 0 Å². The van der Waals surface area contributed by atoms with E-state index < -0.39 is 0 Å². The molecule has 0 aliphatic rings. The first-order valence-electron chi connectivity index (χ1n) is 10.6. The lowest BCUT2D eigenvalue weighted by molar-refractivity contribution is 0.0969. The molecule has 4 rings (SSSR count). The highest BCUT2D eigenvalue weighted by Gasteiger charge is 2.19. The zero-order chi connectivity index (χ0) is 22.1. The number of ketones is 1. The second-order valence-electron chi connectivity index (χ2n) is 7.88. The molecule has 5 heteroatoms. The molecular formula is C26H26N2O2S. The van der Waals surface area contributed by atoms with Gasteiger partial charge >= 0.3 is 0 Å². The van der Waals surface area contributed by atoms with Gasteiger partial charge in [-0.3, -0.25) is 14.2 Å². The summed E-state index contributed by atoms with van der Waals surface area (Å²) in [5.74, 6) is 0.564. The van der Waals surface area contributed by atoms with Crippen molar-refractivity contribution in [2.24, 2.45) is 0 Å². The molecule has 4 aromatic rings. The number of aromatic nitrogens is 2. The number of benzene rings is 2. The van der Waals surface area contributed by atoms with Crippen molar-refractivity contribution < 1.29 is 4.79 Å². The average Bonchev–Trinajstić information content (AvgIpc) is 3.21. The van der Waals surface area contributed by atoms with Crippen LogP contribution in [0, 0.1) is 13.8 Å². The minimum atomic E-state index is -0.144. The van der Waals surface area contributed by atoms with E-state index in [1.54, 1.807) is 4.57 Å². The van der Waals surface area contributed by atoms with E-state index in [0.717, 1.165) is 33.5 Å². The van der Waals surface area contributed by atoms with Gasteiger partial charge in [0.15, 0.2) is 5.78 Å². The molecule has 4 nitrogen and oxygen atoms in total. The van der Waals surface area contributed by atoms with Gasteiger partial charge in [0.25, 0.3) is 5.56 Å². The summed E-state index contributed by atoms with van der Waals surface area (Å²) in [4.78, 5) is 32.0. The summed E-state index contributed by atoms with van der Waals surface area (Å²) < 4.78 is 1.55. The number of rotatable bonds is 6. The van der Waals surface area contributed by atoms with E-state index in [2.05, 4.69) is 31.2 Å². The highest BCUT2D eigenvalue weighted by Crippen LogP contribution is 2.31. The van der Waals surface area contributed by atoms with E-state index in [1.165, 1.54) is 16.9 Å². The molecule has 0 N–H and O–H groups in total. The lowest BCUT2D eigenvalue weighted by Crippen LogP contribution is -2.28. The molecule has 0 bridgehead atoms. The Bertz CT molecular complexity index is 1330. The second kappa shape index (κ2) is 8.60. The van der Waals surface area contributed by atoms with Gasteiger partial charge < -0.3 is 0 Å². The molecule has 0 saturated heterocycles.